The summed E-state index contributed by atoms with van der Waals surface area (Å²) in [4.78, 5) is 0.407. The fourth-order valence-electron chi connectivity index (χ4n) is 2.31. The molecule has 0 spiro atoms. The van der Waals surface area contributed by atoms with Crippen LogP contribution >= 0.6 is 11.8 Å². The van der Waals surface area contributed by atoms with Gasteiger partial charge in [0.2, 0.25) is 10.0 Å². The van der Waals surface area contributed by atoms with Gasteiger partial charge in [-0.1, -0.05) is 19.1 Å². The molecule has 4 nitrogen and oxygen atoms in total. The van der Waals surface area contributed by atoms with Gasteiger partial charge in [-0.05, 0) is 42.8 Å². The minimum Gasteiger partial charge on any atom is -0.313 e. The highest BCUT2D eigenvalue weighted by molar-refractivity contribution is 7.99. The average Bonchev–Trinajstić information content (AvgIpc) is 2.89. The van der Waals surface area contributed by atoms with E-state index < -0.39 is 10.0 Å². The van der Waals surface area contributed by atoms with Crippen molar-refractivity contribution >= 4 is 21.8 Å². The average molecular weight is 314 g/mol. The molecule has 0 radical (unpaired) electrons. The quantitative estimate of drug-likeness (QED) is 0.842. The molecule has 0 amide bonds. The van der Waals surface area contributed by atoms with Gasteiger partial charge in [-0.3, -0.25) is 0 Å². The molecule has 0 aromatic heterocycles. The van der Waals surface area contributed by atoms with Crippen LogP contribution in [0.25, 0.3) is 0 Å². The maximum Gasteiger partial charge on any atom is 0.241 e. The Kier molecular flexibility index (Phi) is 5.49. The van der Waals surface area contributed by atoms with Crippen LogP contribution in [-0.4, -0.2) is 32.5 Å². The molecule has 1 unspecified atom stereocenters. The van der Waals surface area contributed by atoms with Gasteiger partial charge in [0, 0.05) is 18.3 Å². The summed E-state index contributed by atoms with van der Waals surface area (Å²) >= 11 is 1.80. The van der Waals surface area contributed by atoms with Gasteiger partial charge in [-0.2, -0.15) is 11.8 Å². The summed E-state index contributed by atoms with van der Waals surface area (Å²) in [6.07, 6.45) is 0.917. The summed E-state index contributed by atoms with van der Waals surface area (Å²) in [6.45, 7) is 5.48. The van der Waals surface area contributed by atoms with E-state index in [1.54, 1.807) is 17.8 Å². The zero-order valence-corrected chi connectivity index (χ0v) is 13.6. The second kappa shape index (κ2) is 6.93. The monoisotopic (exact) mass is 314 g/mol. The van der Waals surface area contributed by atoms with Crippen LogP contribution < -0.4 is 10.0 Å². The smallest absolute Gasteiger partial charge is 0.241 e. The lowest BCUT2D eigenvalue weighted by Crippen LogP contribution is -2.35. The number of hydrogen-bond acceptors (Lipinski definition) is 4. The lowest BCUT2D eigenvalue weighted by atomic mass is 10.1. The number of sulfonamides is 1. The fraction of sp³-hybridized carbons (Fsp3) is 0.571. The maximum atomic E-state index is 12.5. The third kappa shape index (κ3) is 3.75. The molecule has 1 aromatic rings. The molecule has 2 N–H and O–H groups in total. The van der Waals surface area contributed by atoms with Crippen molar-refractivity contribution in [2.24, 2.45) is 0 Å². The van der Waals surface area contributed by atoms with E-state index in [1.165, 1.54) is 0 Å². The lowest BCUT2D eigenvalue weighted by Gasteiger charge is -2.15. The van der Waals surface area contributed by atoms with Crippen LogP contribution in [0.15, 0.2) is 23.1 Å². The third-order valence-corrected chi connectivity index (χ3v) is 6.33. The fourth-order valence-corrected chi connectivity index (χ4v) is 5.13. The number of hydrogen-bond donors (Lipinski definition) is 2. The second-order valence-electron chi connectivity index (χ2n) is 5.00. The van der Waals surface area contributed by atoms with E-state index in [0.717, 1.165) is 35.6 Å². The van der Waals surface area contributed by atoms with Crippen molar-refractivity contribution in [1.82, 2.24) is 10.0 Å². The Morgan fingerprint density at radius 3 is 2.85 bits per heavy atom. The summed E-state index contributed by atoms with van der Waals surface area (Å²) in [7, 11) is -3.41. The van der Waals surface area contributed by atoms with Crippen LogP contribution in [0.4, 0.5) is 0 Å². The zero-order chi connectivity index (χ0) is 14.6. The van der Waals surface area contributed by atoms with Crippen molar-refractivity contribution in [3.8, 4) is 0 Å². The molecule has 0 bridgehead atoms. The molecule has 6 heteroatoms. The van der Waals surface area contributed by atoms with E-state index in [4.69, 9.17) is 0 Å². The van der Waals surface area contributed by atoms with Crippen LogP contribution in [0.1, 0.15) is 24.5 Å². The topological polar surface area (TPSA) is 58.2 Å². The summed E-state index contributed by atoms with van der Waals surface area (Å²) < 4.78 is 27.8. The van der Waals surface area contributed by atoms with Gasteiger partial charge in [0.1, 0.15) is 0 Å². The van der Waals surface area contributed by atoms with Crippen molar-refractivity contribution in [2.75, 3.05) is 18.1 Å². The number of nitrogens with one attached hydrogen (secondary N) is 2. The van der Waals surface area contributed by atoms with E-state index in [-0.39, 0.29) is 6.04 Å². The Hall–Kier alpha value is -0.560. The highest BCUT2D eigenvalue weighted by atomic mass is 32.2. The number of thioether (sulfide) groups is 1. The van der Waals surface area contributed by atoms with Crippen LogP contribution in [0.5, 0.6) is 0 Å². The Balaban J connectivity index is 2.22. The van der Waals surface area contributed by atoms with Crippen molar-refractivity contribution in [2.45, 2.75) is 37.8 Å². The van der Waals surface area contributed by atoms with Gasteiger partial charge >= 0.3 is 0 Å². The molecule has 0 saturated carbocycles. The zero-order valence-electron chi connectivity index (χ0n) is 12.0. The lowest BCUT2D eigenvalue weighted by molar-refractivity contribution is 0.562. The first kappa shape index (κ1) is 15.8. The molecule has 112 valence electrons. The molecule has 1 aliphatic heterocycles. The second-order valence-corrected chi connectivity index (χ2v) is 7.83. The summed E-state index contributed by atoms with van der Waals surface area (Å²) in [5, 5.41) is 3.24. The van der Waals surface area contributed by atoms with Crippen LogP contribution in [0, 0.1) is 6.92 Å². The molecule has 0 aliphatic carbocycles. The van der Waals surface area contributed by atoms with Crippen LogP contribution in [0.3, 0.4) is 0 Å². The first-order valence-electron chi connectivity index (χ1n) is 6.94. The Morgan fingerprint density at radius 2 is 2.20 bits per heavy atom. The first-order chi connectivity index (χ1) is 9.54. The standard InChI is InChI=1S/C14H22N2O2S2/c1-3-15-9-12-5-4-6-14(11(12)2)20(17,18)16-13-7-8-19-10-13/h4-6,13,15-16H,3,7-10H2,1-2H3. The van der Waals surface area contributed by atoms with Crippen molar-refractivity contribution < 1.29 is 8.42 Å². The predicted molar refractivity (Wildman–Crippen MR) is 84.6 cm³/mol. The number of rotatable bonds is 6. The van der Waals surface area contributed by atoms with Crippen molar-refractivity contribution in [1.29, 1.82) is 0 Å². The molecule has 1 aromatic carbocycles. The minimum atomic E-state index is -3.41. The maximum absolute atomic E-state index is 12.5. The molecule has 1 fully saturated rings. The van der Waals surface area contributed by atoms with Crippen molar-refractivity contribution in [3.05, 3.63) is 29.3 Å². The van der Waals surface area contributed by atoms with E-state index in [1.807, 2.05) is 26.0 Å². The predicted octanol–water partition coefficient (Wildman–Crippen LogP) is 1.89. The van der Waals surface area contributed by atoms with E-state index in [0.29, 0.717) is 11.4 Å². The van der Waals surface area contributed by atoms with Gasteiger partial charge in [-0.15, -0.1) is 0 Å². The highest BCUT2D eigenvalue weighted by Gasteiger charge is 2.24. The first-order valence-corrected chi connectivity index (χ1v) is 9.57. The minimum absolute atomic E-state index is 0.0711. The molecule has 1 saturated heterocycles. The Morgan fingerprint density at radius 1 is 1.40 bits per heavy atom. The van der Waals surface area contributed by atoms with Crippen LogP contribution in [0.2, 0.25) is 0 Å². The highest BCUT2D eigenvalue weighted by Crippen LogP contribution is 2.22. The summed E-state index contributed by atoms with van der Waals surface area (Å²) in [5.41, 5.74) is 1.88. The van der Waals surface area contributed by atoms with E-state index >= 15 is 0 Å². The van der Waals surface area contributed by atoms with Gasteiger partial charge in [-0.25, -0.2) is 13.1 Å². The van der Waals surface area contributed by atoms with Gasteiger partial charge in [0.05, 0.1) is 4.90 Å². The van der Waals surface area contributed by atoms with Crippen LogP contribution in [-0.2, 0) is 16.6 Å². The molecule has 1 atom stereocenters. The van der Waals surface area contributed by atoms with Gasteiger partial charge in [0.25, 0.3) is 0 Å². The summed E-state index contributed by atoms with van der Waals surface area (Å²) in [5.74, 6) is 1.90. The largest absolute Gasteiger partial charge is 0.313 e. The third-order valence-electron chi connectivity index (χ3n) is 3.50. The molecule has 20 heavy (non-hydrogen) atoms. The van der Waals surface area contributed by atoms with E-state index in [9.17, 15) is 8.42 Å². The molecular formula is C14H22N2O2S2. The van der Waals surface area contributed by atoms with Crippen molar-refractivity contribution in [3.63, 3.8) is 0 Å². The Bertz CT molecular complexity index is 552. The summed E-state index contributed by atoms with van der Waals surface area (Å²) in [6, 6.07) is 5.55. The molecular weight excluding hydrogens is 292 g/mol. The molecule has 2 rings (SSSR count). The Labute approximate surface area is 125 Å². The van der Waals surface area contributed by atoms with Gasteiger partial charge < -0.3 is 5.32 Å². The van der Waals surface area contributed by atoms with E-state index in [2.05, 4.69) is 10.0 Å². The van der Waals surface area contributed by atoms with Gasteiger partial charge in [0.15, 0.2) is 0 Å². The molecule has 1 heterocycles. The normalized spacial score (nSPS) is 19.4. The molecule has 1 aliphatic rings. The SMILES string of the molecule is CCNCc1cccc(S(=O)(=O)NC2CCSC2)c1C. The number of benzene rings is 1.